The molecule has 0 amide bonds. The van der Waals surface area contributed by atoms with E-state index >= 15 is 0 Å². The van der Waals surface area contributed by atoms with Crippen LogP contribution in [0.3, 0.4) is 0 Å². The van der Waals surface area contributed by atoms with Gasteiger partial charge >= 0.3 is 0 Å². The number of hydrogen-bond acceptors (Lipinski definition) is 4. The van der Waals surface area contributed by atoms with Crippen molar-refractivity contribution < 1.29 is 19.7 Å². The number of hydrogen-bond donors (Lipinski definition) is 2. The van der Waals surface area contributed by atoms with Crippen molar-refractivity contribution in [2.45, 2.75) is 45.1 Å². The van der Waals surface area contributed by atoms with Crippen LogP contribution in [-0.4, -0.2) is 34.8 Å². The maximum atomic E-state index is 9.64. The fourth-order valence-electron chi connectivity index (χ4n) is 2.25. The molecule has 1 heterocycles. The van der Waals surface area contributed by atoms with Crippen molar-refractivity contribution in [2.75, 3.05) is 0 Å². The van der Waals surface area contributed by atoms with Gasteiger partial charge in [0.25, 0.3) is 0 Å². The summed E-state index contributed by atoms with van der Waals surface area (Å²) in [6.07, 6.45) is -2.39. The maximum absolute atomic E-state index is 9.64. The van der Waals surface area contributed by atoms with Crippen molar-refractivity contribution in [1.29, 1.82) is 0 Å². The van der Waals surface area contributed by atoms with Gasteiger partial charge in [0.05, 0.1) is 18.8 Å². The Morgan fingerprint density at radius 2 is 1.94 bits per heavy atom. The average molecular weight is 252 g/mol. The molecule has 2 rings (SSSR count). The summed E-state index contributed by atoms with van der Waals surface area (Å²) in [6.45, 7) is 4.25. The number of ether oxygens (including phenoxy) is 2. The molecule has 18 heavy (non-hydrogen) atoms. The number of aliphatic hydroxyl groups excluding tert-OH is 2. The molecule has 0 aliphatic carbocycles. The Kier molecular flexibility index (Phi) is 4.35. The Balaban J connectivity index is 1.87. The molecule has 1 aromatic rings. The highest BCUT2D eigenvalue weighted by Gasteiger charge is 2.42. The third-order valence-corrected chi connectivity index (χ3v) is 3.46. The van der Waals surface area contributed by atoms with Gasteiger partial charge in [-0.15, -0.1) is 0 Å². The lowest BCUT2D eigenvalue weighted by molar-refractivity contribution is -0.152. The first-order valence-corrected chi connectivity index (χ1v) is 6.26. The quantitative estimate of drug-likeness (QED) is 0.848. The fourth-order valence-corrected chi connectivity index (χ4v) is 2.25. The molecule has 0 bridgehead atoms. The Hall–Kier alpha value is -0.940. The highest BCUT2D eigenvalue weighted by molar-refractivity contribution is 5.13. The van der Waals surface area contributed by atoms with Crippen molar-refractivity contribution in [3.05, 3.63) is 35.9 Å². The first-order valence-electron chi connectivity index (χ1n) is 6.26. The van der Waals surface area contributed by atoms with Gasteiger partial charge in [-0.1, -0.05) is 37.3 Å². The first-order chi connectivity index (χ1) is 8.59. The second kappa shape index (κ2) is 5.80. The molecule has 1 unspecified atom stereocenters. The zero-order valence-electron chi connectivity index (χ0n) is 10.7. The zero-order valence-corrected chi connectivity index (χ0v) is 10.7. The van der Waals surface area contributed by atoms with Crippen LogP contribution in [0.2, 0.25) is 0 Å². The van der Waals surface area contributed by atoms with Crippen LogP contribution < -0.4 is 0 Å². The van der Waals surface area contributed by atoms with Crippen LogP contribution in [-0.2, 0) is 16.1 Å². The van der Waals surface area contributed by atoms with E-state index in [9.17, 15) is 10.2 Å². The Morgan fingerprint density at radius 1 is 1.28 bits per heavy atom. The highest BCUT2D eigenvalue weighted by Crippen LogP contribution is 2.29. The molecule has 0 aromatic heterocycles. The molecule has 4 nitrogen and oxygen atoms in total. The van der Waals surface area contributed by atoms with Crippen molar-refractivity contribution in [2.24, 2.45) is 5.92 Å². The van der Waals surface area contributed by atoms with Gasteiger partial charge in [0.1, 0.15) is 6.10 Å². The maximum Gasteiger partial charge on any atom is 0.181 e. The first kappa shape index (κ1) is 13.5. The van der Waals surface area contributed by atoms with Gasteiger partial charge in [-0.05, 0) is 12.5 Å². The van der Waals surface area contributed by atoms with Crippen molar-refractivity contribution >= 4 is 0 Å². The van der Waals surface area contributed by atoms with Crippen LogP contribution in [0.15, 0.2) is 30.3 Å². The zero-order chi connectivity index (χ0) is 13.1. The summed E-state index contributed by atoms with van der Waals surface area (Å²) in [5.41, 5.74) is 1.09. The van der Waals surface area contributed by atoms with Crippen LogP contribution >= 0.6 is 0 Å². The van der Waals surface area contributed by atoms with E-state index in [1.807, 2.05) is 44.2 Å². The summed E-state index contributed by atoms with van der Waals surface area (Å²) in [7, 11) is 0. The smallest absolute Gasteiger partial charge is 0.181 e. The lowest BCUT2D eigenvalue weighted by atomic mass is 9.97. The fraction of sp³-hybridized carbons (Fsp3) is 0.571. The monoisotopic (exact) mass is 252 g/mol. The summed E-state index contributed by atoms with van der Waals surface area (Å²) in [6, 6.07) is 9.88. The molecule has 0 spiro atoms. The molecule has 1 saturated heterocycles. The van der Waals surface area contributed by atoms with Gasteiger partial charge in [-0.3, -0.25) is 0 Å². The predicted molar refractivity (Wildman–Crippen MR) is 66.7 cm³/mol. The molecule has 0 radical (unpaired) electrons. The van der Waals surface area contributed by atoms with Gasteiger partial charge < -0.3 is 19.7 Å². The average Bonchev–Trinajstić information content (AvgIpc) is 2.65. The molecule has 1 aromatic carbocycles. The van der Waals surface area contributed by atoms with E-state index in [1.54, 1.807) is 0 Å². The van der Waals surface area contributed by atoms with E-state index in [4.69, 9.17) is 9.47 Å². The van der Waals surface area contributed by atoms with Crippen LogP contribution in [0.4, 0.5) is 0 Å². The molecule has 0 saturated carbocycles. The molecule has 100 valence electrons. The van der Waals surface area contributed by atoms with E-state index in [0.717, 1.165) is 5.56 Å². The SMILES string of the molecule is C[C@@H]1[C@@H]([C@@H](C)OCc2ccccc2)OC(O)[C@@H]1O. The Morgan fingerprint density at radius 3 is 2.50 bits per heavy atom. The molecule has 1 aliphatic rings. The number of rotatable bonds is 4. The van der Waals surface area contributed by atoms with Crippen LogP contribution in [0.5, 0.6) is 0 Å². The molecular weight excluding hydrogens is 232 g/mol. The topological polar surface area (TPSA) is 58.9 Å². The van der Waals surface area contributed by atoms with Crippen molar-refractivity contribution in [1.82, 2.24) is 0 Å². The third-order valence-electron chi connectivity index (χ3n) is 3.46. The van der Waals surface area contributed by atoms with Gasteiger partial charge in [0, 0.05) is 5.92 Å². The van der Waals surface area contributed by atoms with E-state index < -0.39 is 12.4 Å². The van der Waals surface area contributed by atoms with E-state index in [-0.39, 0.29) is 18.1 Å². The lowest BCUT2D eigenvalue weighted by Gasteiger charge is -2.23. The second-order valence-corrected chi connectivity index (χ2v) is 4.84. The van der Waals surface area contributed by atoms with E-state index in [0.29, 0.717) is 6.61 Å². The minimum Gasteiger partial charge on any atom is -0.387 e. The minimum absolute atomic E-state index is 0.134. The summed E-state index contributed by atoms with van der Waals surface area (Å²) >= 11 is 0. The summed E-state index contributed by atoms with van der Waals surface area (Å²) in [5.74, 6) is -0.134. The Labute approximate surface area is 107 Å². The largest absolute Gasteiger partial charge is 0.387 e. The van der Waals surface area contributed by atoms with Crippen molar-refractivity contribution in [3.8, 4) is 0 Å². The standard InChI is InChI=1S/C14H20O4/c1-9-12(15)14(16)18-13(9)10(2)17-8-11-6-4-3-5-7-11/h3-7,9-10,12-16H,8H2,1-2H3/t9-,10+,12+,13-,14?/m0/s1. The molecule has 1 aliphatic heterocycles. The lowest BCUT2D eigenvalue weighted by Crippen LogP contribution is -2.32. The summed E-state index contributed by atoms with van der Waals surface area (Å²) < 4.78 is 11.0. The van der Waals surface area contributed by atoms with E-state index in [2.05, 4.69) is 0 Å². The van der Waals surface area contributed by atoms with Crippen LogP contribution in [0.25, 0.3) is 0 Å². The molecule has 5 atom stereocenters. The van der Waals surface area contributed by atoms with Crippen LogP contribution in [0, 0.1) is 5.92 Å². The minimum atomic E-state index is -1.10. The molecular formula is C14H20O4. The molecule has 1 fully saturated rings. The predicted octanol–water partition coefficient (Wildman–Crippen LogP) is 1.31. The number of aliphatic hydroxyl groups is 2. The summed E-state index contributed by atoms with van der Waals surface area (Å²) in [4.78, 5) is 0. The highest BCUT2D eigenvalue weighted by atomic mass is 16.6. The van der Waals surface area contributed by atoms with Gasteiger partial charge in [-0.2, -0.15) is 0 Å². The third kappa shape index (κ3) is 2.90. The van der Waals surface area contributed by atoms with Gasteiger partial charge in [0.2, 0.25) is 0 Å². The van der Waals surface area contributed by atoms with E-state index in [1.165, 1.54) is 0 Å². The van der Waals surface area contributed by atoms with Gasteiger partial charge in [-0.25, -0.2) is 0 Å². The summed E-state index contributed by atoms with van der Waals surface area (Å²) in [5, 5.41) is 19.1. The second-order valence-electron chi connectivity index (χ2n) is 4.84. The van der Waals surface area contributed by atoms with Gasteiger partial charge in [0.15, 0.2) is 6.29 Å². The van der Waals surface area contributed by atoms with Crippen LogP contribution in [0.1, 0.15) is 19.4 Å². The number of benzene rings is 1. The Bertz CT molecular complexity index is 367. The normalized spacial score (nSPS) is 33.6. The molecule has 2 N–H and O–H groups in total. The molecule has 4 heteroatoms. The van der Waals surface area contributed by atoms with Crippen molar-refractivity contribution in [3.63, 3.8) is 0 Å².